The largest absolute Gasteiger partial charge is 0.462 e. The van der Waals surface area contributed by atoms with E-state index in [0.29, 0.717) is 5.69 Å². The van der Waals surface area contributed by atoms with E-state index in [2.05, 4.69) is 5.32 Å². The number of rotatable bonds is 5. The Morgan fingerprint density at radius 3 is 2.18 bits per heavy atom. The lowest BCUT2D eigenvalue weighted by atomic mass is 10.1. The molecule has 112 valence electrons. The van der Waals surface area contributed by atoms with E-state index < -0.39 is 11.9 Å². The van der Waals surface area contributed by atoms with Crippen molar-refractivity contribution in [2.45, 2.75) is 6.92 Å². The van der Waals surface area contributed by atoms with Crippen LogP contribution in [0.15, 0.2) is 66.2 Å². The van der Waals surface area contributed by atoms with Crippen molar-refractivity contribution in [2.75, 3.05) is 11.9 Å². The van der Waals surface area contributed by atoms with Crippen LogP contribution in [0, 0.1) is 0 Å². The van der Waals surface area contributed by atoms with Crippen molar-refractivity contribution < 1.29 is 14.3 Å². The van der Waals surface area contributed by atoms with Crippen LogP contribution < -0.4 is 5.32 Å². The number of ether oxygens (including phenoxy) is 1. The molecular formula is C18H17NO3. The third-order valence-electron chi connectivity index (χ3n) is 2.88. The minimum absolute atomic E-state index is 0.0306. The number of hydrogen-bond acceptors (Lipinski definition) is 3. The molecule has 0 saturated carbocycles. The third kappa shape index (κ3) is 4.31. The molecule has 4 heteroatoms. The summed E-state index contributed by atoms with van der Waals surface area (Å²) in [7, 11) is 0. The van der Waals surface area contributed by atoms with Crippen LogP contribution in [0.4, 0.5) is 5.69 Å². The van der Waals surface area contributed by atoms with Crippen molar-refractivity contribution in [3.63, 3.8) is 0 Å². The Morgan fingerprint density at radius 2 is 1.59 bits per heavy atom. The van der Waals surface area contributed by atoms with Crippen LogP contribution in [0.5, 0.6) is 0 Å². The van der Waals surface area contributed by atoms with Gasteiger partial charge in [0.15, 0.2) is 0 Å². The molecular weight excluding hydrogens is 278 g/mol. The maximum atomic E-state index is 12.4. The van der Waals surface area contributed by atoms with Gasteiger partial charge in [0.25, 0.3) is 5.91 Å². The third-order valence-corrected chi connectivity index (χ3v) is 2.88. The molecule has 22 heavy (non-hydrogen) atoms. The van der Waals surface area contributed by atoms with Crippen molar-refractivity contribution in [1.29, 1.82) is 0 Å². The van der Waals surface area contributed by atoms with Crippen LogP contribution in [0.3, 0.4) is 0 Å². The molecule has 4 nitrogen and oxygen atoms in total. The van der Waals surface area contributed by atoms with Gasteiger partial charge in [-0.1, -0.05) is 48.5 Å². The van der Waals surface area contributed by atoms with Gasteiger partial charge in [-0.25, -0.2) is 4.79 Å². The minimum atomic E-state index is -0.639. The lowest BCUT2D eigenvalue weighted by Crippen LogP contribution is -2.22. The van der Waals surface area contributed by atoms with Crippen molar-refractivity contribution in [1.82, 2.24) is 0 Å². The number of nitrogens with one attached hydrogen (secondary N) is 1. The average Bonchev–Trinajstić information content (AvgIpc) is 2.54. The number of benzene rings is 2. The maximum absolute atomic E-state index is 12.4. The summed E-state index contributed by atoms with van der Waals surface area (Å²) in [6, 6.07) is 18.1. The van der Waals surface area contributed by atoms with E-state index >= 15 is 0 Å². The zero-order chi connectivity index (χ0) is 15.8. The van der Waals surface area contributed by atoms with Crippen LogP contribution in [-0.4, -0.2) is 18.5 Å². The predicted octanol–water partition coefficient (Wildman–Crippen LogP) is 3.27. The summed E-state index contributed by atoms with van der Waals surface area (Å²) in [6.45, 7) is 1.91. The van der Waals surface area contributed by atoms with Gasteiger partial charge in [-0.15, -0.1) is 0 Å². The van der Waals surface area contributed by atoms with E-state index in [9.17, 15) is 9.59 Å². The summed E-state index contributed by atoms with van der Waals surface area (Å²) in [6.07, 6.45) is 1.52. The number of esters is 1. The number of anilines is 1. The normalized spacial score (nSPS) is 10.9. The summed E-state index contributed by atoms with van der Waals surface area (Å²) >= 11 is 0. The second-order valence-corrected chi connectivity index (χ2v) is 4.51. The Balaban J connectivity index is 2.26. The molecule has 2 rings (SSSR count). The molecule has 1 amide bonds. The van der Waals surface area contributed by atoms with Crippen LogP contribution in [0.1, 0.15) is 12.5 Å². The number of carbonyl (C=O) groups excluding carboxylic acids is 2. The summed E-state index contributed by atoms with van der Waals surface area (Å²) < 4.78 is 4.97. The highest BCUT2D eigenvalue weighted by Crippen LogP contribution is 2.12. The monoisotopic (exact) mass is 295 g/mol. The Hall–Kier alpha value is -2.88. The van der Waals surface area contributed by atoms with E-state index in [0.717, 1.165) is 5.56 Å². The van der Waals surface area contributed by atoms with Gasteiger partial charge in [0.05, 0.1) is 6.61 Å². The van der Waals surface area contributed by atoms with Crippen LogP contribution >= 0.6 is 0 Å². The van der Waals surface area contributed by atoms with E-state index in [-0.39, 0.29) is 12.2 Å². The standard InChI is InChI=1S/C18H17NO3/c1-2-22-18(21)16(13-14-9-5-3-6-10-14)17(20)19-15-11-7-4-8-12-15/h3-13H,2H2,1H3,(H,19,20)/b16-13-. The smallest absolute Gasteiger partial charge is 0.343 e. The van der Waals surface area contributed by atoms with Crippen molar-refractivity contribution in [2.24, 2.45) is 0 Å². The van der Waals surface area contributed by atoms with E-state index in [1.54, 1.807) is 31.2 Å². The topological polar surface area (TPSA) is 55.4 Å². The van der Waals surface area contributed by atoms with Gasteiger partial charge >= 0.3 is 5.97 Å². The van der Waals surface area contributed by atoms with Gasteiger partial charge in [0.1, 0.15) is 5.57 Å². The Kier molecular flexibility index (Phi) is 5.49. The zero-order valence-electron chi connectivity index (χ0n) is 12.3. The highest BCUT2D eigenvalue weighted by atomic mass is 16.5. The summed E-state index contributed by atoms with van der Waals surface area (Å²) in [4.78, 5) is 24.4. The highest BCUT2D eigenvalue weighted by molar-refractivity contribution is 6.24. The quantitative estimate of drug-likeness (QED) is 0.398. The highest BCUT2D eigenvalue weighted by Gasteiger charge is 2.19. The van der Waals surface area contributed by atoms with Gasteiger partial charge in [-0.2, -0.15) is 0 Å². The lowest BCUT2D eigenvalue weighted by Gasteiger charge is -2.08. The Morgan fingerprint density at radius 1 is 1.00 bits per heavy atom. The van der Waals surface area contributed by atoms with E-state index in [1.807, 2.05) is 36.4 Å². The number of hydrogen-bond donors (Lipinski definition) is 1. The van der Waals surface area contributed by atoms with Gasteiger partial charge in [0.2, 0.25) is 0 Å². The van der Waals surface area contributed by atoms with Crippen LogP contribution in [0.2, 0.25) is 0 Å². The van der Waals surface area contributed by atoms with Crippen molar-refractivity contribution in [3.8, 4) is 0 Å². The zero-order valence-corrected chi connectivity index (χ0v) is 12.3. The molecule has 0 aromatic heterocycles. The molecule has 0 saturated heterocycles. The molecule has 0 aliphatic carbocycles. The van der Waals surface area contributed by atoms with E-state index in [4.69, 9.17) is 4.74 Å². The van der Waals surface area contributed by atoms with Crippen molar-refractivity contribution >= 4 is 23.6 Å². The first-order valence-corrected chi connectivity index (χ1v) is 7.01. The van der Waals surface area contributed by atoms with Gasteiger partial charge in [-0.05, 0) is 30.7 Å². The molecule has 0 radical (unpaired) electrons. The first-order valence-electron chi connectivity index (χ1n) is 7.01. The van der Waals surface area contributed by atoms with Gasteiger partial charge < -0.3 is 10.1 Å². The molecule has 0 unspecified atom stereocenters. The summed E-state index contributed by atoms with van der Waals surface area (Å²) in [5.74, 6) is -1.13. The number of amides is 1. The molecule has 0 heterocycles. The molecule has 0 bridgehead atoms. The van der Waals surface area contributed by atoms with Crippen LogP contribution in [0.25, 0.3) is 6.08 Å². The first-order chi connectivity index (χ1) is 10.7. The SMILES string of the molecule is CCOC(=O)/C(=C\c1ccccc1)C(=O)Nc1ccccc1. The molecule has 0 aliphatic heterocycles. The maximum Gasteiger partial charge on any atom is 0.343 e. The summed E-state index contributed by atoms with van der Waals surface area (Å²) in [5.41, 5.74) is 1.35. The fourth-order valence-corrected chi connectivity index (χ4v) is 1.86. The average molecular weight is 295 g/mol. The molecule has 0 spiro atoms. The molecule has 0 fully saturated rings. The van der Waals surface area contributed by atoms with Crippen LogP contribution in [-0.2, 0) is 14.3 Å². The van der Waals surface area contributed by atoms with Crippen molar-refractivity contribution in [3.05, 3.63) is 71.8 Å². The van der Waals surface area contributed by atoms with Gasteiger partial charge in [-0.3, -0.25) is 4.79 Å². The molecule has 2 aromatic carbocycles. The number of carbonyl (C=O) groups is 2. The molecule has 1 N–H and O–H groups in total. The lowest BCUT2D eigenvalue weighted by molar-refractivity contribution is -0.139. The molecule has 0 atom stereocenters. The Labute approximate surface area is 129 Å². The fraction of sp³-hybridized carbons (Fsp3) is 0.111. The number of para-hydroxylation sites is 1. The Bertz CT molecular complexity index is 663. The molecule has 2 aromatic rings. The summed E-state index contributed by atoms with van der Waals surface area (Å²) in [5, 5.41) is 2.69. The minimum Gasteiger partial charge on any atom is -0.462 e. The second-order valence-electron chi connectivity index (χ2n) is 4.51. The van der Waals surface area contributed by atoms with Gasteiger partial charge in [0, 0.05) is 5.69 Å². The fourth-order valence-electron chi connectivity index (χ4n) is 1.86. The molecule has 0 aliphatic rings. The van der Waals surface area contributed by atoms with E-state index in [1.165, 1.54) is 6.08 Å². The first kappa shape index (κ1) is 15.5. The second kappa shape index (κ2) is 7.78. The predicted molar refractivity (Wildman–Crippen MR) is 86.1 cm³/mol.